The highest BCUT2D eigenvalue weighted by molar-refractivity contribution is 9.10. The third-order valence-corrected chi connectivity index (χ3v) is 2.60. The highest BCUT2D eigenvalue weighted by Gasteiger charge is 2.16. The molecule has 0 spiro atoms. The zero-order valence-electron chi connectivity index (χ0n) is 7.16. The average molecular weight is 264 g/mol. The molecule has 0 amide bonds. The standard InChI is InChI=1S/C9H11BrN2.ClH/c10-9-5-1-3-8(12-9)7-4-2-6-11-7;/h1,3,5,7,11H,2,4,6H2;1H/t7-;/m0./s1. The number of nitrogens with zero attached hydrogens (tertiary/aromatic N) is 1. The second kappa shape index (κ2) is 4.94. The van der Waals surface area contributed by atoms with E-state index in [-0.39, 0.29) is 12.4 Å². The molecule has 2 nitrogen and oxygen atoms in total. The minimum Gasteiger partial charge on any atom is -0.309 e. The van der Waals surface area contributed by atoms with Gasteiger partial charge >= 0.3 is 0 Å². The molecule has 0 radical (unpaired) electrons. The van der Waals surface area contributed by atoms with Crippen molar-refractivity contribution in [2.45, 2.75) is 18.9 Å². The summed E-state index contributed by atoms with van der Waals surface area (Å²) in [5, 5.41) is 3.42. The molecule has 1 atom stereocenters. The Kier molecular flexibility index (Phi) is 4.16. The quantitative estimate of drug-likeness (QED) is 0.788. The minimum absolute atomic E-state index is 0. The van der Waals surface area contributed by atoms with E-state index in [1.54, 1.807) is 0 Å². The summed E-state index contributed by atoms with van der Waals surface area (Å²) in [4.78, 5) is 4.41. The summed E-state index contributed by atoms with van der Waals surface area (Å²) in [5.41, 5.74) is 1.15. The van der Waals surface area contributed by atoms with Crippen molar-refractivity contribution in [3.63, 3.8) is 0 Å². The monoisotopic (exact) mass is 262 g/mol. The van der Waals surface area contributed by atoms with Crippen molar-refractivity contribution in [3.05, 3.63) is 28.5 Å². The molecule has 4 heteroatoms. The van der Waals surface area contributed by atoms with E-state index >= 15 is 0 Å². The Morgan fingerprint density at radius 1 is 1.46 bits per heavy atom. The first kappa shape index (κ1) is 11.0. The third-order valence-electron chi connectivity index (χ3n) is 2.15. The minimum atomic E-state index is 0. The SMILES string of the molecule is Brc1cccc([C@@H]2CCCN2)n1.Cl. The van der Waals surface area contributed by atoms with E-state index in [0.29, 0.717) is 6.04 Å². The van der Waals surface area contributed by atoms with E-state index in [4.69, 9.17) is 0 Å². The molecule has 0 saturated carbocycles. The largest absolute Gasteiger partial charge is 0.309 e. The Morgan fingerprint density at radius 3 is 2.92 bits per heavy atom. The van der Waals surface area contributed by atoms with Crippen molar-refractivity contribution < 1.29 is 0 Å². The van der Waals surface area contributed by atoms with Gasteiger partial charge in [-0.05, 0) is 47.4 Å². The van der Waals surface area contributed by atoms with Gasteiger partial charge in [-0.2, -0.15) is 0 Å². The number of hydrogen-bond donors (Lipinski definition) is 1. The molecule has 1 fully saturated rings. The van der Waals surface area contributed by atoms with Gasteiger partial charge in [0.25, 0.3) is 0 Å². The Balaban J connectivity index is 0.000000845. The molecule has 72 valence electrons. The van der Waals surface area contributed by atoms with Crippen LogP contribution in [0.15, 0.2) is 22.8 Å². The normalized spacial score (nSPS) is 21.2. The van der Waals surface area contributed by atoms with Crippen molar-refractivity contribution in [2.75, 3.05) is 6.54 Å². The van der Waals surface area contributed by atoms with Gasteiger partial charge in [0, 0.05) is 6.04 Å². The average Bonchev–Trinajstić information content (AvgIpc) is 2.56. The first-order chi connectivity index (χ1) is 5.86. The summed E-state index contributed by atoms with van der Waals surface area (Å²) in [6, 6.07) is 6.54. The number of aromatic nitrogens is 1. The van der Waals surface area contributed by atoms with Crippen molar-refractivity contribution in [1.29, 1.82) is 0 Å². The van der Waals surface area contributed by atoms with E-state index in [9.17, 15) is 0 Å². The maximum Gasteiger partial charge on any atom is 0.106 e. The molecular formula is C9H12BrClN2. The van der Waals surface area contributed by atoms with E-state index in [2.05, 4.69) is 32.3 Å². The Labute approximate surface area is 92.7 Å². The van der Waals surface area contributed by atoms with Gasteiger partial charge in [-0.1, -0.05) is 6.07 Å². The zero-order chi connectivity index (χ0) is 8.39. The summed E-state index contributed by atoms with van der Waals surface area (Å²) in [5.74, 6) is 0. The molecule has 0 aromatic carbocycles. The van der Waals surface area contributed by atoms with Gasteiger partial charge in [0.15, 0.2) is 0 Å². The van der Waals surface area contributed by atoms with Crippen LogP contribution >= 0.6 is 28.3 Å². The number of nitrogens with one attached hydrogen (secondary N) is 1. The van der Waals surface area contributed by atoms with E-state index in [0.717, 1.165) is 16.8 Å². The molecule has 1 aliphatic rings. The Bertz CT molecular complexity index is 274. The van der Waals surface area contributed by atoms with Gasteiger partial charge in [-0.25, -0.2) is 4.98 Å². The number of halogens is 2. The lowest BCUT2D eigenvalue weighted by Gasteiger charge is -2.08. The molecule has 1 aromatic rings. The van der Waals surface area contributed by atoms with Crippen molar-refractivity contribution >= 4 is 28.3 Å². The van der Waals surface area contributed by atoms with Crippen LogP contribution in [-0.4, -0.2) is 11.5 Å². The molecule has 2 rings (SSSR count). The summed E-state index contributed by atoms with van der Waals surface area (Å²) >= 11 is 3.37. The fourth-order valence-corrected chi connectivity index (χ4v) is 1.91. The molecular weight excluding hydrogens is 251 g/mol. The molecule has 0 bridgehead atoms. The highest BCUT2D eigenvalue weighted by atomic mass is 79.9. The number of hydrogen-bond acceptors (Lipinski definition) is 2. The molecule has 13 heavy (non-hydrogen) atoms. The second-order valence-corrected chi connectivity index (χ2v) is 3.85. The van der Waals surface area contributed by atoms with Gasteiger partial charge in [0.2, 0.25) is 0 Å². The van der Waals surface area contributed by atoms with Gasteiger partial charge in [-0.15, -0.1) is 12.4 Å². The first-order valence-corrected chi connectivity index (χ1v) is 5.01. The molecule has 1 aliphatic heterocycles. The van der Waals surface area contributed by atoms with Crippen LogP contribution in [0.25, 0.3) is 0 Å². The van der Waals surface area contributed by atoms with Gasteiger partial charge in [0.1, 0.15) is 4.60 Å². The predicted molar refractivity (Wildman–Crippen MR) is 59.2 cm³/mol. The lowest BCUT2D eigenvalue weighted by molar-refractivity contribution is 0.626. The smallest absolute Gasteiger partial charge is 0.106 e. The molecule has 1 saturated heterocycles. The van der Waals surface area contributed by atoms with Crippen LogP contribution in [0.3, 0.4) is 0 Å². The molecule has 1 N–H and O–H groups in total. The lowest BCUT2D eigenvalue weighted by Crippen LogP contribution is -2.13. The predicted octanol–water partition coefficient (Wildman–Crippen LogP) is 2.69. The van der Waals surface area contributed by atoms with E-state index in [1.165, 1.54) is 12.8 Å². The number of pyridine rings is 1. The van der Waals surface area contributed by atoms with Crippen molar-refractivity contribution in [3.8, 4) is 0 Å². The second-order valence-electron chi connectivity index (χ2n) is 3.03. The fraction of sp³-hybridized carbons (Fsp3) is 0.444. The van der Waals surface area contributed by atoms with Gasteiger partial charge < -0.3 is 5.32 Å². The number of rotatable bonds is 1. The zero-order valence-corrected chi connectivity index (χ0v) is 9.57. The van der Waals surface area contributed by atoms with Gasteiger partial charge in [-0.3, -0.25) is 0 Å². The highest BCUT2D eigenvalue weighted by Crippen LogP contribution is 2.22. The topological polar surface area (TPSA) is 24.9 Å². The van der Waals surface area contributed by atoms with E-state index < -0.39 is 0 Å². The molecule has 1 aromatic heterocycles. The molecule has 0 unspecified atom stereocenters. The summed E-state index contributed by atoms with van der Waals surface area (Å²) in [6.07, 6.45) is 2.47. The van der Waals surface area contributed by atoms with Crippen LogP contribution in [0.4, 0.5) is 0 Å². The van der Waals surface area contributed by atoms with Crippen molar-refractivity contribution in [1.82, 2.24) is 10.3 Å². The first-order valence-electron chi connectivity index (χ1n) is 4.22. The van der Waals surface area contributed by atoms with E-state index in [1.807, 2.05) is 12.1 Å². The Morgan fingerprint density at radius 2 is 2.31 bits per heavy atom. The van der Waals surface area contributed by atoms with Crippen molar-refractivity contribution in [2.24, 2.45) is 0 Å². The lowest BCUT2D eigenvalue weighted by atomic mass is 10.1. The molecule has 2 heterocycles. The Hall–Kier alpha value is -0.120. The third kappa shape index (κ3) is 2.66. The van der Waals surface area contributed by atoms with Crippen LogP contribution in [0, 0.1) is 0 Å². The van der Waals surface area contributed by atoms with Crippen LogP contribution in [0.2, 0.25) is 0 Å². The maximum absolute atomic E-state index is 4.41. The van der Waals surface area contributed by atoms with Crippen LogP contribution in [0.5, 0.6) is 0 Å². The van der Waals surface area contributed by atoms with Crippen LogP contribution in [-0.2, 0) is 0 Å². The summed E-state index contributed by atoms with van der Waals surface area (Å²) in [7, 11) is 0. The van der Waals surface area contributed by atoms with Crippen LogP contribution < -0.4 is 5.32 Å². The fourth-order valence-electron chi connectivity index (χ4n) is 1.56. The summed E-state index contributed by atoms with van der Waals surface area (Å²) < 4.78 is 0.925. The molecule has 0 aliphatic carbocycles. The maximum atomic E-state index is 4.41. The van der Waals surface area contributed by atoms with Gasteiger partial charge in [0.05, 0.1) is 5.69 Å². The summed E-state index contributed by atoms with van der Waals surface area (Å²) in [6.45, 7) is 1.12. The van der Waals surface area contributed by atoms with Crippen LogP contribution in [0.1, 0.15) is 24.6 Å².